The Balaban J connectivity index is 0.00000192. The Morgan fingerprint density at radius 2 is 2.09 bits per heavy atom. The predicted octanol–water partition coefficient (Wildman–Crippen LogP) is 2.66. The van der Waals surface area contributed by atoms with Crippen molar-refractivity contribution in [2.24, 2.45) is 0 Å². The molecule has 0 aliphatic carbocycles. The highest BCUT2D eigenvalue weighted by atomic mass is 35.5. The zero-order chi connectivity index (χ0) is 15.7. The highest BCUT2D eigenvalue weighted by Gasteiger charge is 2.38. The van der Waals surface area contributed by atoms with E-state index in [9.17, 15) is 9.59 Å². The molecule has 1 aromatic carbocycles. The summed E-state index contributed by atoms with van der Waals surface area (Å²) in [7, 11) is 0. The monoisotopic (exact) mass is 331 g/mol. The third-order valence-electron chi connectivity index (χ3n) is 3.95. The quantitative estimate of drug-likeness (QED) is 0.908. The van der Waals surface area contributed by atoms with Gasteiger partial charge in [0.05, 0.1) is 11.0 Å². The van der Waals surface area contributed by atoms with Gasteiger partial charge in [-0.3, -0.25) is 14.6 Å². The molecule has 2 heterocycles. The van der Waals surface area contributed by atoms with Crippen LogP contribution in [0.3, 0.4) is 0 Å². The van der Waals surface area contributed by atoms with E-state index in [-0.39, 0.29) is 24.2 Å². The number of benzene rings is 1. The Morgan fingerprint density at radius 3 is 2.78 bits per heavy atom. The van der Waals surface area contributed by atoms with Crippen LogP contribution in [0.1, 0.15) is 35.3 Å². The van der Waals surface area contributed by atoms with Crippen molar-refractivity contribution in [2.45, 2.75) is 25.8 Å². The maximum Gasteiger partial charge on any atom is 0.253 e. The summed E-state index contributed by atoms with van der Waals surface area (Å²) in [5.74, 6) is -0.166. The lowest BCUT2D eigenvalue weighted by molar-refractivity contribution is -0.119. The van der Waals surface area contributed by atoms with Gasteiger partial charge in [0, 0.05) is 24.6 Å². The van der Waals surface area contributed by atoms with Crippen LogP contribution in [0, 0.1) is 0 Å². The van der Waals surface area contributed by atoms with Crippen LogP contribution in [0.25, 0.3) is 0 Å². The second-order valence-electron chi connectivity index (χ2n) is 5.88. The van der Waals surface area contributed by atoms with Crippen molar-refractivity contribution in [3.05, 3.63) is 59.4 Å². The number of halogens is 1. The third kappa shape index (κ3) is 3.19. The Labute approximate surface area is 140 Å². The number of pyridine rings is 1. The smallest absolute Gasteiger partial charge is 0.253 e. The largest absolute Gasteiger partial charge is 0.348 e. The van der Waals surface area contributed by atoms with Gasteiger partial charge < -0.3 is 10.6 Å². The summed E-state index contributed by atoms with van der Waals surface area (Å²) >= 11 is 0. The van der Waals surface area contributed by atoms with Crippen LogP contribution in [-0.4, -0.2) is 16.8 Å². The van der Waals surface area contributed by atoms with Crippen molar-refractivity contribution in [1.29, 1.82) is 0 Å². The molecule has 0 radical (unpaired) electrons. The molecule has 6 heteroatoms. The fraction of sp³-hybridized carbons (Fsp3) is 0.235. The van der Waals surface area contributed by atoms with Crippen molar-refractivity contribution >= 4 is 29.9 Å². The molecule has 0 atom stereocenters. The number of hydrogen-bond donors (Lipinski definition) is 2. The fourth-order valence-corrected chi connectivity index (χ4v) is 2.51. The molecule has 5 nitrogen and oxygen atoms in total. The van der Waals surface area contributed by atoms with Crippen LogP contribution < -0.4 is 10.6 Å². The summed E-state index contributed by atoms with van der Waals surface area (Å²) in [5, 5.41) is 5.73. The fourth-order valence-electron chi connectivity index (χ4n) is 2.51. The van der Waals surface area contributed by atoms with E-state index < -0.39 is 5.41 Å². The standard InChI is InChI=1S/C17H17N3O2.ClH/c1-17(2)13-8-11(5-6-14(13)20-16(17)22)9-19-15(21)12-4-3-7-18-10-12;/h3-8,10H,9H2,1-2H3,(H,19,21)(H,20,22);1H. The number of amides is 2. The van der Waals surface area contributed by atoms with Crippen LogP contribution in [0.5, 0.6) is 0 Å². The van der Waals surface area contributed by atoms with E-state index in [4.69, 9.17) is 0 Å². The van der Waals surface area contributed by atoms with E-state index in [1.54, 1.807) is 18.3 Å². The molecule has 2 amide bonds. The molecular formula is C17H18ClN3O2. The molecule has 2 N–H and O–H groups in total. The normalized spacial score (nSPS) is 14.4. The Morgan fingerprint density at radius 1 is 1.30 bits per heavy atom. The summed E-state index contributed by atoms with van der Waals surface area (Å²) in [4.78, 5) is 27.9. The van der Waals surface area contributed by atoms with Crippen molar-refractivity contribution in [2.75, 3.05) is 5.32 Å². The number of nitrogens with one attached hydrogen (secondary N) is 2. The SMILES string of the molecule is CC1(C)C(=O)Nc2ccc(CNC(=O)c3cccnc3)cc21.Cl. The molecule has 1 aromatic heterocycles. The second-order valence-corrected chi connectivity index (χ2v) is 5.88. The summed E-state index contributed by atoms with van der Waals surface area (Å²) in [6.45, 7) is 4.20. The van der Waals surface area contributed by atoms with Crippen molar-refractivity contribution in [1.82, 2.24) is 10.3 Å². The maximum absolute atomic E-state index is 12.0. The van der Waals surface area contributed by atoms with E-state index in [0.29, 0.717) is 12.1 Å². The second kappa shape index (κ2) is 6.38. The van der Waals surface area contributed by atoms with Gasteiger partial charge in [-0.1, -0.05) is 12.1 Å². The highest BCUT2D eigenvalue weighted by Crippen LogP contribution is 2.37. The van der Waals surface area contributed by atoms with Gasteiger partial charge in [0.1, 0.15) is 0 Å². The first-order valence-electron chi connectivity index (χ1n) is 7.11. The average molecular weight is 332 g/mol. The van der Waals surface area contributed by atoms with Gasteiger partial charge in [-0.2, -0.15) is 0 Å². The van der Waals surface area contributed by atoms with Gasteiger partial charge in [0.2, 0.25) is 5.91 Å². The minimum Gasteiger partial charge on any atom is -0.348 e. The number of nitrogens with zero attached hydrogens (tertiary/aromatic N) is 1. The summed E-state index contributed by atoms with van der Waals surface area (Å²) in [5.41, 5.74) is 2.75. The van der Waals surface area contributed by atoms with Crippen molar-refractivity contribution in [3.63, 3.8) is 0 Å². The number of hydrogen-bond acceptors (Lipinski definition) is 3. The molecule has 1 aliphatic rings. The molecule has 0 spiro atoms. The molecule has 120 valence electrons. The van der Waals surface area contributed by atoms with E-state index in [2.05, 4.69) is 15.6 Å². The predicted molar refractivity (Wildman–Crippen MR) is 90.8 cm³/mol. The van der Waals surface area contributed by atoms with Crippen LogP contribution >= 0.6 is 12.4 Å². The van der Waals surface area contributed by atoms with Gasteiger partial charge in [0.25, 0.3) is 5.91 Å². The van der Waals surface area contributed by atoms with Gasteiger partial charge in [0.15, 0.2) is 0 Å². The first-order chi connectivity index (χ1) is 10.5. The minimum atomic E-state index is -0.543. The van der Waals surface area contributed by atoms with E-state index >= 15 is 0 Å². The van der Waals surface area contributed by atoms with Gasteiger partial charge in [-0.05, 0) is 43.2 Å². The summed E-state index contributed by atoms with van der Waals surface area (Å²) in [6, 6.07) is 9.20. The number of aromatic nitrogens is 1. The van der Waals surface area contributed by atoms with Crippen LogP contribution in [0.15, 0.2) is 42.7 Å². The molecule has 3 rings (SSSR count). The molecule has 0 fully saturated rings. The third-order valence-corrected chi connectivity index (χ3v) is 3.95. The lowest BCUT2D eigenvalue weighted by Gasteiger charge is -2.16. The van der Waals surface area contributed by atoms with Crippen molar-refractivity contribution in [3.8, 4) is 0 Å². The van der Waals surface area contributed by atoms with Gasteiger partial charge in [-0.15, -0.1) is 12.4 Å². The number of carbonyl (C=O) groups excluding carboxylic acids is 2. The zero-order valence-corrected chi connectivity index (χ0v) is 13.7. The van der Waals surface area contributed by atoms with Crippen LogP contribution in [0.2, 0.25) is 0 Å². The topological polar surface area (TPSA) is 71.1 Å². The highest BCUT2D eigenvalue weighted by molar-refractivity contribution is 6.05. The van der Waals surface area contributed by atoms with Crippen LogP contribution in [0.4, 0.5) is 5.69 Å². The Kier molecular flexibility index (Phi) is 4.71. The summed E-state index contributed by atoms with van der Waals surface area (Å²) in [6.07, 6.45) is 3.16. The minimum absolute atomic E-state index is 0. The van der Waals surface area contributed by atoms with E-state index in [0.717, 1.165) is 16.8 Å². The Hall–Kier alpha value is -2.40. The molecule has 23 heavy (non-hydrogen) atoms. The first-order valence-corrected chi connectivity index (χ1v) is 7.11. The molecular weight excluding hydrogens is 314 g/mol. The lowest BCUT2D eigenvalue weighted by atomic mass is 9.85. The van der Waals surface area contributed by atoms with E-state index in [1.807, 2.05) is 32.0 Å². The lowest BCUT2D eigenvalue weighted by Crippen LogP contribution is -2.27. The number of carbonyl (C=O) groups is 2. The average Bonchev–Trinajstić information content (AvgIpc) is 2.75. The number of rotatable bonds is 3. The molecule has 0 saturated carbocycles. The number of fused-ring (bicyclic) bond motifs is 1. The molecule has 0 unspecified atom stereocenters. The number of anilines is 1. The maximum atomic E-state index is 12.0. The molecule has 0 saturated heterocycles. The molecule has 0 bridgehead atoms. The van der Waals surface area contributed by atoms with Crippen molar-refractivity contribution < 1.29 is 9.59 Å². The van der Waals surface area contributed by atoms with Gasteiger partial charge in [-0.25, -0.2) is 0 Å². The molecule has 1 aliphatic heterocycles. The van der Waals surface area contributed by atoms with Crippen LogP contribution in [-0.2, 0) is 16.8 Å². The first kappa shape index (κ1) is 17.0. The molecule has 2 aromatic rings. The van der Waals surface area contributed by atoms with Gasteiger partial charge >= 0.3 is 0 Å². The van der Waals surface area contributed by atoms with E-state index in [1.165, 1.54) is 6.20 Å². The zero-order valence-electron chi connectivity index (χ0n) is 12.9. The Bertz CT molecular complexity index is 745. The summed E-state index contributed by atoms with van der Waals surface area (Å²) < 4.78 is 0.